The lowest BCUT2D eigenvalue weighted by Crippen LogP contribution is -2.48. The van der Waals surface area contributed by atoms with E-state index in [1.165, 1.54) is 12.1 Å². The van der Waals surface area contributed by atoms with Gasteiger partial charge >= 0.3 is 6.18 Å². The van der Waals surface area contributed by atoms with Crippen LogP contribution in [0.2, 0.25) is 0 Å². The van der Waals surface area contributed by atoms with E-state index in [1.807, 2.05) is 0 Å². The number of carbonyl (C=O) groups is 1. The number of aliphatic hydroxyl groups excluding tert-OH is 1. The van der Waals surface area contributed by atoms with Crippen LogP contribution in [0.1, 0.15) is 28.8 Å². The Hall–Kier alpha value is -1.25. The first-order valence-electron chi connectivity index (χ1n) is 7.64. The highest BCUT2D eigenvalue weighted by atomic mass is 32.2. The molecule has 1 amide bonds. The van der Waals surface area contributed by atoms with Gasteiger partial charge in [0.05, 0.1) is 24.4 Å². The molecular weight excluding hydrogens is 343 g/mol. The fraction of sp³-hybridized carbons (Fsp3) is 0.562. The first-order chi connectivity index (χ1) is 11.4. The summed E-state index contributed by atoms with van der Waals surface area (Å²) in [5.74, 6) is 1.20. The number of hydrogen-bond acceptors (Lipinski definition) is 4. The van der Waals surface area contributed by atoms with Crippen LogP contribution in [0.5, 0.6) is 0 Å². The van der Waals surface area contributed by atoms with Crippen molar-refractivity contribution in [3.63, 3.8) is 0 Å². The number of rotatable bonds is 6. The Balaban J connectivity index is 2.03. The van der Waals surface area contributed by atoms with Gasteiger partial charge in [0.1, 0.15) is 0 Å². The maximum absolute atomic E-state index is 12.7. The van der Waals surface area contributed by atoms with Gasteiger partial charge in [-0.05, 0) is 42.5 Å². The molecule has 4 nitrogen and oxygen atoms in total. The van der Waals surface area contributed by atoms with Crippen molar-refractivity contribution in [3.8, 4) is 0 Å². The van der Waals surface area contributed by atoms with Crippen molar-refractivity contribution in [1.82, 2.24) is 5.32 Å². The second-order valence-electron chi connectivity index (χ2n) is 5.63. The van der Waals surface area contributed by atoms with Crippen molar-refractivity contribution < 1.29 is 27.8 Å². The minimum absolute atomic E-state index is 0.0349. The van der Waals surface area contributed by atoms with Crippen molar-refractivity contribution in [1.29, 1.82) is 0 Å². The summed E-state index contributed by atoms with van der Waals surface area (Å²) >= 11 is 1.79. The Bertz CT molecular complexity index is 560. The Kier molecular flexibility index (Phi) is 6.54. The van der Waals surface area contributed by atoms with Crippen LogP contribution in [-0.2, 0) is 10.9 Å². The molecule has 134 valence electrons. The smallest absolute Gasteiger partial charge is 0.394 e. The lowest BCUT2D eigenvalue weighted by atomic mass is 9.96. The van der Waals surface area contributed by atoms with Gasteiger partial charge in [-0.2, -0.15) is 24.9 Å². The number of benzene rings is 1. The van der Waals surface area contributed by atoms with Gasteiger partial charge in [0.25, 0.3) is 5.91 Å². The number of carbonyl (C=O) groups excluding carboxylic acids is 1. The first-order valence-corrected chi connectivity index (χ1v) is 8.80. The third kappa shape index (κ3) is 5.12. The fourth-order valence-corrected chi connectivity index (χ4v) is 3.79. The largest absolute Gasteiger partial charge is 0.416 e. The number of hydrogen-bond donors (Lipinski definition) is 2. The van der Waals surface area contributed by atoms with Gasteiger partial charge in [0.2, 0.25) is 0 Å². The summed E-state index contributed by atoms with van der Waals surface area (Å²) in [6, 6.07) is 4.34. The normalized spacial score (nSPS) is 17.5. The quantitative estimate of drug-likeness (QED) is 0.816. The average molecular weight is 363 g/mol. The molecule has 0 saturated carbocycles. The van der Waals surface area contributed by atoms with Crippen molar-refractivity contribution in [2.45, 2.75) is 24.6 Å². The number of thioether (sulfide) groups is 1. The van der Waals surface area contributed by atoms with E-state index in [2.05, 4.69) is 5.32 Å². The molecule has 24 heavy (non-hydrogen) atoms. The van der Waals surface area contributed by atoms with E-state index < -0.39 is 23.2 Å². The molecule has 1 saturated heterocycles. The molecule has 1 aliphatic rings. The summed E-state index contributed by atoms with van der Waals surface area (Å²) in [5, 5.41) is 11.6. The summed E-state index contributed by atoms with van der Waals surface area (Å²) in [5.41, 5.74) is -1.45. The number of alkyl halides is 3. The van der Waals surface area contributed by atoms with E-state index in [-0.39, 0.29) is 25.3 Å². The van der Waals surface area contributed by atoms with Gasteiger partial charge in [0.15, 0.2) is 0 Å². The zero-order chi connectivity index (χ0) is 17.6. The fourth-order valence-electron chi connectivity index (χ4n) is 2.56. The summed E-state index contributed by atoms with van der Waals surface area (Å²) < 4.78 is 43.9. The molecule has 0 aromatic heterocycles. The Labute approximate surface area is 142 Å². The third-order valence-corrected chi connectivity index (χ3v) is 4.91. The predicted octanol–water partition coefficient (Wildman–Crippen LogP) is 2.71. The number of nitrogens with one attached hydrogen (secondary N) is 1. The lowest BCUT2D eigenvalue weighted by Gasteiger charge is -2.37. The maximum atomic E-state index is 12.7. The SMILES string of the molecule is O=C(NCC1(OCCO)CCSCC1)c1cccc(C(F)(F)F)c1. The van der Waals surface area contributed by atoms with Crippen LogP contribution in [-0.4, -0.2) is 47.9 Å². The van der Waals surface area contributed by atoms with Crippen LogP contribution in [0.4, 0.5) is 13.2 Å². The summed E-state index contributed by atoms with van der Waals surface area (Å²) in [7, 11) is 0. The van der Waals surface area contributed by atoms with Crippen LogP contribution in [0.25, 0.3) is 0 Å². The highest BCUT2D eigenvalue weighted by molar-refractivity contribution is 7.99. The molecule has 2 rings (SSSR count). The van der Waals surface area contributed by atoms with Crippen LogP contribution < -0.4 is 5.32 Å². The molecule has 0 atom stereocenters. The molecule has 0 unspecified atom stereocenters. The van der Waals surface area contributed by atoms with Gasteiger partial charge in [-0.15, -0.1) is 0 Å². The molecule has 8 heteroatoms. The van der Waals surface area contributed by atoms with E-state index in [1.54, 1.807) is 11.8 Å². The van der Waals surface area contributed by atoms with E-state index in [0.29, 0.717) is 0 Å². The lowest BCUT2D eigenvalue weighted by molar-refractivity contribution is -0.137. The van der Waals surface area contributed by atoms with Crippen molar-refractivity contribution in [3.05, 3.63) is 35.4 Å². The molecule has 1 aliphatic heterocycles. The van der Waals surface area contributed by atoms with Crippen molar-refractivity contribution in [2.75, 3.05) is 31.3 Å². The zero-order valence-corrected chi connectivity index (χ0v) is 13.9. The summed E-state index contributed by atoms with van der Waals surface area (Å²) in [4.78, 5) is 12.2. The van der Waals surface area contributed by atoms with E-state index >= 15 is 0 Å². The monoisotopic (exact) mass is 363 g/mol. The van der Waals surface area contributed by atoms with Gasteiger partial charge in [0, 0.05) is 12.1 Å². The molecule has 1 heterocycles. The standard InChI is InChI=1S/C16H20F3NO3S/c17-16(18,19)13-3-1-2-12(10-13)14(22)20-11-15(23-7-6-21)4-8-24-9-5-15/h1-3,10,21H,4-9,11H2,(H,20,22). The topological polar surface area (TPSA) is 58.6 Å². The minimum atomic E-state index is -4.48. The van der Waals surface area contributed by atoms with Gasteiger partial charge in [-0.25, -0.2) is 0 Å². The molecule has 0 radical (unpaired) electrons. The number of halogens is 3. The molecule has 0 aliphatic carbocycles. The molecular formula is C16H20F3NO3S. The van der Waals surface area contributed by atoms with E-state index in [4.69, 9.17) is 9.84 Å². The number of aliphatic hydroxyl groups is 1. The van der Waals surface area contributed by atoms with Gasteiger partial charge in [-0.1, -0.05) is 6.07 Å². The summed E-state index contributed by atoms with van der Waals surface area (Å²) in [6.07, 6.45) is -3.04. The molecule has 1 aromatic rings. The maximum Gasteiger partial charge on any atom is 0.416 e. The second kappa shape index (κ2) is 8.22. The Morgan fingerprint density at radius 1 is 1.33 bits per heavy atom. The molecule has 2 N–H and O–H groups in total. The Morgan fingerprint density at radius 2 is 2.04 bits per heavy atom. The van der Waals surface area contributed by atoms with Gasteiger partial charge < -0.3 is 15.2 Å². The minimum Gasteiger partial charge on any atom is -0.394 e. The number of ether oxygens (including phenoxy) is 1. The van der Waals surface area contributed by atoms with Crippen LogP contribution in [0.15, 0.2) is 24.3 Å². The molecule has 1 aromatic carbocycles. The van der Waals surface area contributed by atoms with Gasteiger partial charge in [-0.3, -0.25) is 4.79 Å². The third-order valence-electron chi connectivity index (χ3n) is 3.93. The van der Waals surface area contributed by atoms with Crippen LogP contribution in [0, 0.1) is 0 Å². The highest BCUT2D eigenvalue weighted by Gasteiger charge is 2.34. The molecule has 0 spiro atoms. The zero-order valence-electron chi connectivity index (χ0n) is 13.1. The van der Waals surface area contributed by atoms with E-state index in [0.717, 1.165) is 36.5 Å². The van der Waals surface area contributed by atoms with Crippen LogP contribution >= 0.6 is 11.8 Å². The molecule has 0 bridgehead atoms. The molecule has 1 fully saturated rings. The number of amides is 1. The predicted molar refractivity (Wildman–Crippen MR) is 86.1 cm³/mol. The van der Waals surface area contributed by atoms with Crippen molar-refractivity contribution in [2.24, 2.45) is 0 Å². The van der Waals surface area contributed by atoms with E-state index in [9.17, 15) is 18.0 Å². The highest BCUT2D eigenvalue weighted by Crippen LogP contribution is 2.31. The second-order valence-corrected chi connectivity index (χ2v) is 6.85. The summed E-state index contributed by atoms with van der Waals surface area (Å²) in [6.45, 7) is 0.267. The van der Waals surface area contributed by atoms with Crippen molar-refractivity contribution >= 4 is 17.7 Å². The first kappa shape index (κ1) is 19.1. The Morgan fingerprint density at radius 3 is 2.67 bits per heavy atom. The van der Waals surface area contributed by atoms with Crippen LogP contribution in [0.3, 0.4) is 0 Å². The average Bonchev–Trinajstić information content (AvgIpc) is 2.58.